The van der Waals surface area contributed by atoms with Gasteiger partial charge in [0.05, 0.1) is 0 Å². The minimum Gasteiger partial charge on any atom is -0.454 e. The highest BCUT2D eigenvalue weighted by atomic mass is 32.2. The van der Waals surface area contributed by atoms with E-state index in [9.17, 15) is 4.79 Å². The molecular formula is C14H11NO3S2. The average Bonchev–Trinajstić information content (AvgIpc) is 3.03. The van der Waals surface area contributed by atoms with Crippen LogP contribution in [0, 0.1) is 0 Å². The maximum absolute atomic E-state index is 11.9. The Hall–Kier alpha value is -1.66. The number of aliphatic imine (C=N–C) groups is 1. The summed E-state index contributed by atoms with van der Waals surface area (Å²) in [6, 6.07) is 5.55. The van der Waals surface area contributed by atoms with Crippen molar-refractivity contribution in [3.63, 3.8) is 0 Å². The van der Waals surface area contributed by atoms with E-state index in [4.69, 9.17) is 9.47 Å². The summed E-state index contributed by atoms with van der Waals surface area (Å²) in [5, 5.41) is -0.0331. The average molecular weight is 305 g/mol. The normalized spacial score (nSPS) is 18.5. The van der Waals surface area contributed by atoms with Gasteiger partial charge in [0.15, 0.2) is 11.5 Å². The van der Waals surface area contributed by atoms with Crippen LogP contribution in [0.1, 0.15) is 5.56 Å². The Bertz CT molecular complexity index is 637. The van der Waals surface area contributed by atoms with Crippen molar-refractivity contribution in [3.05, 3.63) is 42.1 Å². The molecule has 0 aliphatic carbocycles. The van der Waals surface area contributed by atoms with Crippen molar-refractivity contribution in [1.29, 1.82) is 0 Å². The van der Waals surface area contributed by atoms with Crippen LogP contribution in [0.2, 0.25) is 0 Å². The highest BCUT2D eigenvalue weighted by Gasteiger charge is 2.22. The fraction of sp³-hybridized carbons (Fsp3) is 0.143. The number of carbonyl (C=O) groups excluding carboxylic acids is 1. The molecule has 6 heteroatoms. The van der Waals surface area contributed by atoms with Gasteiger partial charge in [0.1, 0.15) is 10.1 Å². The number of hydrogen-bond donors (Lipinski definition) is 0. The molecule has 0 atom stereocenters. The lowest BCUT2D eigenvalue weighted by Gasteiger charge is -1.98. The van der Waals surface area contributed by atoms with E-state index in [1.165, 1.54) is 11.8 Å². The van der Waals surface area contributed by atoms with Gasteiger partial charge in [0.25, 0.3) is 0 Å². The molecule has 0 amide bonds. The first-order valence-corrected chi connectivity index (χ1v) is 7.72. The fourth-order valence-electron chi connectivity index (χ4n) is 1.74. The molecule has 20 heavy (non-hydrogen) atoms. The number of rotatable bonds is 3. The molecule has 0 spiro atoms. The molecule has 2 aliphatic rings. The summed E-state index contributed by atoms with van der Waals surface area (Å²) in [6.45, 7) is 3.89. The largest absolute Gasteiger partial charge is 0.454 e. The monoisotopic (exact) mass is 305 g/mol. The van der Waals surface area contributed by atoms with Gasteiger partial charge in [0.2, 0.25) is 11.9 Å². The number of ether oxygens (including phenoxy) is 2. The first-order valence-electron chi connectivity index (χ1n) is 5.92. The zero-order valence-electron chi connectivity index (χ0n) is 10.5. The predicted octanol–water partition coefficient (Wildman–Crippen LogP) is 3.30. The number of hydrogen-bond acceptors (Lipinski definition) is 6. The van der Waals surface area contributed by atoms with Crippen molar-refractivity contribution in [3.8, 4) is 11.5 Å². The summed E-state index contributed by atoms with van der Waals surface area (Å²) in [7, 11) is 0. The van der Waals surface area contributed by atoms with Crippen LogP contribution >= 0.6 is 23.5 Å². The third-order valence-corrected chi connectivity index (χ3v) is 4.63. The number of carbonyl (C=O) groups is 1. The number of nitrogens with zero attached hydrogens (tertiary/aromatic N) is 1. The van der Waals surface area contributed by atoms with Crippen LogP contribution in [0.25, 0.3) is 6.08 Å². The Morgan fingerprint density at radius 1 is 1.40 bits per heavy atom. The molecule has 0 bridgehead atoms. The van der Waals surface area contributed by atoms with E-state index in [2.05, 4.69) is 11.6 Å². The molecule has 1 aromatic rings. The van der Waals surface area contributed by atoms with Gasteiger partial charge < -0.3 is 9.47 Å². The second-order valence-corrected chi connectivity index (χ2v) is 6.24. The van der Waals surface area contributed by atoms with Crippen molar-refractivity contribution in [2.45, 2.75) is 0 Å². The van der Waals surface area contributed by atoms with Crippen LogP contribution in [0.15, 0.2) is 41.5 Å². The van der Waals surface area contributed by atoms with E-state index in [1.807, 2.05) is 18.2 Å². The summed E-state index contributed by atoms with van der Waals surface area (Å²) in [6.07, 6.45) is 3.55. The van der Waals surface area contributed by atoms with Gasteiger partial charge in [-0.1, -0.05) is 23.9 Å². The zero-order chi connectivity index (χ0) is 13.9. The summed E-state index contributed by atoms with van der Waals surface area (Å²) >= 11 is 2.67. The third kappa shape index (κ3) is 2.76. The molecule has 2 heterocycles. The lowest BCUT2D eigenvalue weighted by Crippen LogP contribution is -1.92. The molecular weight excluding hydrogens is 294 g/mol. The fourth-order valence-corrected chi connectivity index (χ4v) is 3.34. The number of thioether (sulfide) groups is 2. The van der Waals surface area contributed by atoms with Crippen molar-refractivity contribution >= 4 is 39.1 Å². The molecule has 0 unspecified atom stereocenters. The van der Waals surface area contributed by atoms with Gasteiger partial charge >= 0.3 is 0 Å². The van der Waals surface area contributed by atoms with E-state index in [1.54, 1.807) is 12.2 Å². The van der Waals surface area contributed by atoms with E-state index < -0.39 is 0 Å². The van der Waals surface area contributed by atoms with Gasteiger partial charge in [0, 0.05) is 5.75 Å². The Labute approximate surface area is 124 Å². The standard InChI is InChI=1S/C14H11NO3S2/c1-2-5-19-14-15-10(13(16)20-14)6-9-3-4-11-12(7-9)18-8-17-11/h2-4,6-7H,1,5,8H2/b10-6+. The molecule has 0 aromatic heterocycles. The molecule has 0 radical (unpaired) electrons. The molecule has 1 aromatic carbocycles. The molecule has 102 valence electrons. The van der Waals surface area contributed by atoms with Crippen LogP contribution in [0.3, 0.4) is 0 Å². The van der Waals surface area contributed by atoms with Gasteiger partial charge in [-0.15, -0.1) is 6.58 Å². The molecule has 0 N–H and O–H groups in total. The highest BCUT2D eigenvalue weighted by molar-refractivity contribution is 8.45. The second kappa shape index (κ2) is 5.76. The van der Waals surface area contributed by atoms with Crippen molar-refractivity contribution < 1.29 is 14.3 Å². The Kier molecular flexibility index (Phi) is 3.84. The van der Waals surface area contributed by atoms with Crippen LogP contribution in [0.4, 0.5) is 0 Å². The minimum absolute atomic E-state index is 0.0331. The van der Waals surface area contributed by atoms with Crippen LogP contribution in [0.5, 0.6) is 11.5 Å². The Morgan fingerprint density at radius 3 is 3.10 bits per heavy atom. The minimum atomic E-state index is -0.0331. The maximum Gasteiger partial charge on any atom is 0.244 e. The van der Waals surface area contributed by atoms with E-state index >= 15 is 0 Å². The van der Waals surface area contributed by atoms with Crippen LogP contribution in [-0.2, 0) is 4.79 Å². The molecule has 0 saturated carbocycles. The van der Waals surface area contributed by atoms with Crippen LogP contribution < -0.4 is 9.47 Å². The first kappa shape index (κ1) is 13.3. The summed E-state index contributed by atoms with van der Waals surface area (Å²) in [4.78, 5) is 16.2. The molecule has 3 rings (SSSR count). The number of benzene rings is 1. The maximum atomic E-state index is 11.9. The summed E-state index contributed by atoms with van der Waals surface area (Å²) in [5.41, 5.74) is 1.33. The lowest BCUT2D eigenvalue weighted by molar-refractivity contribution is -0.107. The van der Waals surface area contributed by atoms with E-state index in [0.29, 0.717) is 11.4 Å². The van der Waals surface area contributed by atoms with Gasteiger partial charge in [-0.05, 0) is 35.5 Å². The quantitative estimate of drug-likeness (QED) is 0.633. The zero-order valence-corrected chi connectivity index (χ0v) is 12.1. The Balaban J connectivity index is 1.82. The topological polar surface area (TPSA) is 47.9 Å². The molecule has 2 aliphatic heterocycles. The SMILES string of the molecule is C=CCSC1=N/C(=C/c2ccc3c(c2)OCO3)C(=O)S1. The summed E-state index contributed by atoms with van der Waals surface area (Å²) in [5.74, 6) is 2.17. The Morgan fingerprint density at radius 2 is 2.25 bits per heavy atom. The predicted molar refractivity (Wildman–Crippen MR) is 83.2 cm³/mol. The highest BCUT2D eigenvalue weighted by Crippen LogP contribution is 2.35. The van der Waals surface area contributed by atoms with Gasteiger partial charge in [-0.25, -0.2) is 4.99 Å². The molecule has 0 fully saturated rings. The lowest BCUT2D eigenvalue weighted by atomic mass is 10.2. The first-order chi connectivity index (χ1) is 9.76. The smallest absolute Gasteiger partial charge is 0.244 e. The third-order valence-electron chi connectivity index (χ3n) is 2.63. The van der Waals surface area contributed by atoms with Gasteiger partial charge in [-0.2, -0.15) is 0 Å². The van der Waals surface area contributed by atoms with Gasteiger partial charge in [-0.3, -0.25) is 4.79 Å². The van der Waals surface area contributed by atoms with E-state index in [-0.39, 0.29) is 11.9 Å². The van der Waals surface area contributed by atoms with Crippen LogP contribution in [-0.4, -0.2) is 22.0 Å². The molecule has 4 nitrogen and oxygen atoms in total. The van der Waals surface area contributed by atoms with Crippen molar-refractivity contribution in [2.75, 3.05) is 12.5 Å². The summed E-state index contributed by atoms with van der Waals surface area (Å²) < 4.78 is 11.3. The van der Waals surface area contributed by atoms with Crippen molar-refractivity contribution in [2.24, 2.45) is 4.99 Å². The second-order valence-electron chi connectivity index (χ2n) is 4.01. The van der Waals surface area contributed by atoms with Crippen molar-refractivity contribution in [1.82, 2.24) is 0 Å². The molecule has 0 saturated heterocycles. The van der Waals surface area contributed by atoms with E-state index in [0.717, 1.165) is 33.2 Å². The number of fused-ring (bicyclic) bond motifs is 1.